The van der Waals surface area contributed by atoms with Gasteiger partial charge in [0.2, 0.25) is 10.0 Å². The molecule has 0 aromatic carbocycles. The molecule has 0 aliphatic heterocycles. The van der Waals surface area contributed by atoms with Crippen molar-refractivity contribution in [3.8, 4) is 0 Å². The van der Waals surface area contributed by atoms with E-state index in [9.17, 15) is 18.0 Å². The van der Waals surface area contributed by atoms with E-state index in [0.29, 0.717) is 19.4 Å². The quantitative estimate of drug-likeness (QED) is 0.426. The molecule has 0 fully saturated rings. The van der Waals surface area contributed by atoms with Gasteiger partial charge in [-0.3, -0.25) is 4.79 Å². The summed E-state index contributed by atoms with van der Waals surface area (Å²) in [7, 11) is -3.19. The van der Waals surface area contributed by atoms with Crippen molar-refractivity contribution in [2.45, 2.75) is 32.2 Å². The summed E-state index contributed by atoms with van der Waals surface area (Å²) >= 11 is 0. The maximum atomic E-state index is 11.3. The van der Waals surface area contributed by atoms with E-state index in [1.54, 1.807) is 6.92 Å². The Balaban J connectivity index is 3.61. The lowest BCUT2D eigenvalue weighted by molar-refractivity contribution is -0.137. The number of hydrogen-bond acceptors (Lipinski definition) is 4. The second-order valence-corrected chi connectivity index (χ2v) is 6.09. The smallest absolute Gasteiger partial charge is 0.314 e. The molecule has 0 rings (SSSR count). The first-order valence-electron chi connectivity index (χ1n) is 5.91. The number of hydrogen-bond donors (Lipinski definition) is 4. The fraction of sp³-hybridized carbons (Fsp3) is 0.800. The highest BCUT2D eigenvalue weighted by atomic mass is 32.2. The molecule has 0 aliphatic carbocycles. The van der Waals surface area contributed by atoms with Gasteiger partial charge in [0.05, 0.1) is 6.26 Å². The Bertz CT molecular complexity index is 396. The van der Waals surface area contributed by atoms with Crippen molar-refractivity contribution < 1.29 is 23.1 Å². The van der Waals surface area contributed by atoms with Crippen molar-refractivity contribution in [1.82, 2.24) is 15.4 Å². The van der Waals surface area contributed by atoms with Crippen LogP contribution in [0.1, 0.15) is 26.2 Å². The molecule has 8 nitrogen and oxygen atoms in total. The van der Waals surface area contributed by atoms with Gasteiger partial charge in [-0.1, -0.05) is 0 Å². The Hall–Kier alpha value is -1.35. The van der Waals surface area contributed by atoms with Gasteiger partial charge in [0.1, 0.15) is 0 Å². The molecule has 1 atom stereocenters. The van der Waals surface area contributed by atoms with Crippen LogP contribution in [0.4, 0.5) is 4.79 Å². The molecule has 1 unspecified atom stereocenters. The maximum absolute atomic E-state index is 11.3. The highest BCUT2D eigenvalue weighted by Crippen LogP contribution is 1.95. The van der Waals surface area contributed by atoms with Crippen LogP contribution in [-0.4, -0.2) is 50.9 Å². The molecule has 0 saturated carbocycles. The summed E-state index contributed by atoms with van der Waals surface area (Å²) < 4.78 is 23.8. The Morgan fingerprint density at radius 1 is 1.26 bits per heavy atom. The molecule has 0 saturated heterocycles. The minimum Gasteiger partial charge on any atom is -0.481 e. The Kier molecular flexibility index (Phi) is 8.08. The molecular formula is C10H21N3O5S. The molecule has 112 valence electrons. The summed E-state index contributed by atoms with van der Waals surface area (Å²) in [6.07, 6.45) is 1.90. The SMILES string of the molecule is CC(CCC(=O)O)NC(=O)NCCCNS(C)(=O)=O. The molecule has 0 heterocycles. The summed E-state index contributed by atoms with van der Waals surface area (Å²) in [5.41, 5.74) is 0. The van der Waals surface area contributed by atoms with Crippen molar-refractivity contribution >= 4 is 22.0 Å². The molecule has 0 aromatic rings. The predicted octanol–water partition coefficient (Wildman–Crippen LogP) is -0.522. The Labute approximate surface area is 113 Å². The van der Waals surface area contributed by atoms with E-state index in [0.717, 1.165) is 6.26 Å². The molecule has 0 bridgehead atoms. The molecule has 0 aliphatic rings. The maximum Gasteiger partial charge on any atom is 0.314 e. The van der Waals surface area contributed by atoms with Crippen LogP contribution < -0.4 is 15.4 Å². The number of carbonyl (C=O) groups excluding carboxylic acids is 1. The first kappa shape index (κ1) is 17.6. The van der Waals surface area contributed by atoms with Crippen LogP contribution >= 0.6 is 0 Å². The average Bonchev–Trinajstić information content (AvgIpc) is 2.24. The summed E-state index contributed by atoms with van der Waals surface area (Å²) in [4.78, 5) is 21.7. The van der Waals surface area contributed by atoms with Gasteiger partial charge in [-0.25, -0.2) is 17.9 Å². The van der Waals surface area contributed by atoms with Crippen molar-refractivity contribution in [2.75, 3.05) is 19.3 Å². The normalized spacial score (nSPS) is 12.7. The van der Waals surface area contributed by atoms with E-state index in [1.807, 2.05) is 0 Å². The second kappa shape index (κ2) is 8.70. The van der Waals surface area contributed by atoms with E-state index < -0.39 is 22.0 Å². The van der Waals surface area contributed by atoms with Gasteiger partial charge in [-0.15, -0.1) is 0 Å². The molecule has 9 heteroatoms. The summed E-state index contributed by atoms with van der Waals surface area (Å²) in [5.74, 6) is -0.902. The number of carboxylic acid groups (broad SMARTS) is 1. The first-order chi connectivity index (χ1) is 8.70. The van der Waals surface area contributed by atoms with Gasteiger partial charge in [0, 0.05) is 25.6 Å². The number of rotatable bonds is 9. The standard InChI is InChI=1S/C10H21N3O5S/c1-8(4-5-9(14)15)13-10(16)11-6-3-7-12-19(2,17)18/h8,12H,3-7H2,1-2H3,(H,14,15)(H2,11,13,16). The highest BCUT2D eigenvalue weighted by Gasteiger charge is 2.08. The van der Waals surface area contributed by atoms with E-state index in [4.69, 9.17) is 5.11 Å². The number of amides is 2. The number of nitrogens with one attached hydrogen (secondary N) is 3. The van der Waals surface area contributed by atoms with Crippen LogP contribution in [0.15, 0.2) is 0 Å². The van der Waals surface area contributed by atoms with Crippen molar-refractivity contribution in [3.63, 3.8) is 0 Å². The number of sulfonamides is 1. The van der Waals surface area contributed by atoms with Crippen LogP contribution in [0.2, 0.25) is 0 Å². The van der Waals surface area contributed by atoms with Gasteiger partial charge >= 0.3 is 12.0 Å². The lowest BCUT2D eigenvalue weighted by Gasteiger charge is -2.13. The average molecular weight is 295 g/mol. The van der Waals surface area contributed by atoms with E-state index in [-0.39, 0.29) is 19.0 Å². The second-order valence-electron chi connectivity index (χ2n) is 4.25. The third-order valence-electron chi connectivity index (χ3n) is 2.17. The zero-order valence-electron chi connectivity index (χ0n) is 11.1. The summed E-state index contributed by atoms with van der Waals surface area (Å²) in [6.45, 7) is 2.31. The topological polar surface area (TPSA) is 125 Å². The lowest BCUT2D eigenvalue weighted by Crippen LogP contribution is -2.41. The largest absolute Gasteiger partial charge is 0.481 e. The Morgan fingerprint density at radius 2 is 1.89 bits per heavy atom. The third kappa shape index (κ3) is 12.9. The zero-order chi connectivity index (χ0) is 14.9. The van der Waals surface area contributed by atoms with Gasteiger partial charge in [0.15, 0.2) is 0 Å². The molecule has 0 aromatic heterocycles. The third-order valence-corrected chi connectivity index (χ3v) is 2.90. The Morgan fingerprint density at radius 3 is 2.42 bits per heavy atom. The predicted molar refractivity (Wildman–Crippen MR) is 70.3 cm³/mol. The van der Waals surface area contributed by atoms with Crippen LogP contribution in [0.25, 0.3) is 0 Å². The molecule has 19 heavy (non-hydrogen) atoms. The van der Waals surface area contributed by atoms with Gasteiger partial charge < -0.3 is 15.7 Å². The summed E-state index contributed by atoms with van der Waals surface area (Å²) in [6, 6.07) is -0.623. The number of urea groups is 1. The molecule has 2 amide bonds. The van der Waals surface area contributed by atoms with Crippen molar-refractivity contribution in [3.05, 3.63) is 0 Å². The zero-order valence-corrected chi connectivity index (χ0v) is 11.9. The van der Waals surface area contributed by atoms with Crippen molar-refractivity contribution in [2.24, 2.45) is 0 Å². The number of aliphatic carboxylic acids is 1. The van der Waals surface area contributed by atoms with Crippen LogP contribution in [0.3, 0.4) is 0 Å². The number of carboxylic acids is 1. The molecule has 0 spiro atoms. The minimum absolute atomic E-state index is 0.000272. The minimum atomic E-state index is -3.19. The molecule has 4 N–H and O–H groups in total. The van der Waals surface area contributed by atoms with Gasteiger partial charge in [-0.05, 0) is 19.8 Å². The van der Waals surface area contributed by atoms with Crippen LogP contribution in [0.5, 0.6) is 0 Å². The van der Waals surface area contributed by atoms with Crippen LogP contribution in [-0.2, 0) is 14.8 Å². The van der Waals surface area contributed by atoms with Crippen LogP contribution in [0, 0.1) is 0 Å². The first-order valence-corrected chi connectivity index (χ1v) is 7.80. The fourth-order valence-electron chi connectivity index (χ4n) is 1.23. The number of carbonyl (C=O) groups is 2. The summed E-state index contributed by atoms with van der Waals surface area (Å²) in [5, 5.41) is 13.6. The monoisotopic (exact) mass is 295 g/mol. The molecular weight excluding hydrogens is 274 g/mol. The van der Waals surface area contributed by atoms with E-state index in [2.05, 4.69) is 15.4 Å². The van der Waals surface area contributed by atoms with E-state index in [1.165, 1.54) is 0 Å². The molecule has 0 radical (unpaired) electrons. The van der Waals surface area contributed by atoms with E-state index >= 15 is 0 Å². The van der Waals surface area contributed by atoms with Crippen molar-refractivity contribution in [1.29, 1.82) is 0 Å². The van der Waals surface area contributed by atoms with Gasteiger partial charge in [-0.2, -0.15) is 0 Å². The van der Waals surface area contributed by atoms with Gasteiger partial charge in [0.25, 0.3) is 0 Å². The lowest BCUT2D eigenvalue weighted by atomic mass is 10.2. The fourth-order valence-corrected chi connectivity index (χ4v) is 1.75. The highest BCUT2D eigenvalue weighted by molar-refractivity contribution is 7.88.